The molecule has 4 heteroatoms. The number of aryl methyl sites for hydroxylation is 1. The van der Waals surface area contributed by atoms with E-state index >= 15 is 0 Å². The Bertz CT molecular complexity index is 584. The summed E-state index contributed by atoms with van der Waals surface area (Å²) in [5.41, 5.74) is 3.40. The zero-order valence-electron chi connectivity index (χ0n) is 10.5. The third-order valence-corrected chi connectivity index (χ3v) is 4.02. The molecule has 19 heavy (non-hydrogen) atoms. The summed E-state index contributed by atoms with van der Waals surface area (Å²) in [6.45, 7) is 2.80. The van der Waals surface area contributed by atoms with Gasteiger partial charge in [-0.25, -0.2) is 0 Å². The molecule has 0 fully saturated rings. The van der Waals surface area contributed by atoms with Crippen LogP contribution in [0.4, 0.5) is 5.69 Å². The van der Waals surface area contributed by atoms with Crippen molar-refractivity contribution in [1.29, 1.82) is 0 Å². The molecule has 0 saturated carbocycles. The van der Waals surface area contributed by atoms with Crippen molar-refractivity contribution in [2.45, 2.75) is 19.9 Å². The SMILES string of the molecule is CCc1cc(Br)ccc1NCc1cc(Cl)ccc1Cl. The first-order valence-electron chi connectivity index (χ1n) is 6.06. The normalized spacial score (nSPS) is 10.5. The summed E-state index contributed by atoms with van der Waals surface area (Å²) in [5, 5.41) is 4.84. The van der Waals surface area contributed by atoms with Gasteiger partial charge in [-0.2, -0.15) is 0 Å². The Hall–Kier alpha value is -0.700. The molecular formula is C15H14BrCl2N. The highest BCUT2D eigenvalue weighted by Crippen LogP contribution is 2.25. The molecule has 0 atom stereocenters. The molecule has 0 spiro atoms. The van der Waals surface area contributed by atoms with E-state index in [1.807, 2.05) is 18.2 Å². The lowest BCUT2D eigenvalue weighted by Gasteiger charge is -2.12. The number of rotatable bonds is 4. The summed E-state index contributed by atoms with van der Waals surface area (Å²) in [6.07, 6.45) is 0.977. The standard InChI is InChI=1S/C15H14BrCl2N/c1-2-10-7-12(16)3-6-15(10)19-9-11-8-13(17)4-5-14(11)18/h3-8,19H,2,9H2,1H3. The van der Waals surface area contributed by atoms with Gasteiger partial charge in [0.1, 0.15) is 0 Å². The van der Waals surface area contributed by atoms with Crippen molar-refractivity contribution in [3.63, 3.8) is 0 Å². The molecule has 1 N–H and O–H groups in total. The molecule has 2 rings (SSSR count). The fraction of sp³-hybridized carbons (Fsp3) is 0.200. The van der Waals surface area contributed by atoms with Gasteiger partial charge in [0.05, 0.1) is 0 Å². The minimum Gasteiger partial charge on any atom is -0.381 e. The maximum Gasteiger partial charge on any atom is 0.0456 e. The molecular weight excluding hydrogens is 345 g/mol. The van der Waals surface area contributed by atoms with Crippen molar-refractivity contribution in [1.82, 2.24) is 0 Å². The maximum absolute atomic E-state index is 6.16. The molecule has 1 nitrogen and oxygen atoms in total. The van der Waals surface area contributed by atoms with Crippen molar-refractivity contribution in [2.75, 3.05) is 5.32 Å². The smallest absolute Gasteiger partial charge is 0.0456 e. The average molecular weight is 359 g/mol. The lowest BCUT2D eigenvalue weighted by Crippen LogP contribution is -2.02. The summed E-state index contributed by atoms with van der Waals surface area (Å²) < 4.78 is 1.09. The van der Waals surface area contributed by atoms with E-state index in [1.165, 1.54) is 5.56 Å². The molecule has 2 aromatic rings. The summed E-state index contributed by atoms with van der Waals surface area (Å²) in [7, 11) is 0. The fourth-order valence-electron chi connectivity index (χ4n) is 1.90. The van der Waals surface area contributed by atoms with Crippen LogP contribution >= 0.6 is 39.1 Å². The zero-order valence-corrected chi connectivity index (χ0v) is 13.6. The molecule has 0 bridgehead atoms. The van der Waals surface area contributed by atoms with Gasteiger partial charge in [-0.15, -0.1) is 0 Å². The van der Waals surface area contributed by atoms with Crippen LogP contribution in [0.3, 0.4) is 0 Å². The number of hydrogen-bond donors (Lipinski definition) is 1. The monoisotopic (exact) mass is 357 g/mol. The number of halogens is 3. The van der Waals surface area contributed by atoms with Gasteiger partial charge in [0, 0.05) is 26.8 Å². The molecule has 0 heterocycles. The largest absolute Gasteiger partial charge is 0.381 e. The van der Waals surface area contributed by atoms with Gasteiger partial charge in [0.2, 0.25) is 0 Å². The quantitative estimate of drug-likeness (QED) is 0.714. The van der Waals surface area contributed by atoms with E-state index in [0.717, 1.165) is 27.2 Å². The van der Waals surface area contributed by atoms with Crippen LogP contribution in [0.1, 0.15) is 18.1 Å². The highest BCUT2D eigenvalue weighted by Gasteiger charge is 2.04. The Morgan fingerprint density at radius 3 is 2.58 bits per heavy atom. The van der Waals surface area contributed by atoms with Crippen molar-refractivity contribution < 1.29 is 0 Å². The summed E-state index contributed by atoms with van der Waals surface area (Å²) in [6, 6.07) is 11.7. The van der Waals surface area contributed by atoms with Crippen molar-refractivity contribution in [3.05, 3.63) is 62.0 Å². The summed E-state index contributed by atoms with van der Waals surface area (Å²) in [5.74, 6) is 0. The first-order valence-corrected chi connectivity index (χ1v) is 7.61. The highest BCUT2D eigenvalue weighted by molar-refractivity contribution is 9.10. The number of benzene rings is 2. The molecule has 0 amide bonds. The first kappa shape index (κ1) is 14.7. The van der Waals surface area contributed by atoms with E-state index in [4.69, 9.17) is 23.2 Å². The highest BCUT2D eigenvalue weighted by atomic mass is 79.9. The van der Waals surface area contributed by atoms with Gasteiger partial charge in [-0.1, -0.05) is 46.1 Å². The van der Waals surface area contributed by atoms with Crippen LogP contribution in [0.5, 0.6) is 0 Å². The molecule has 100 valence electrons. The fourth-order valence-corrected chi connectivity index (χ4v) is 2.68. The van der Waals surface area contributed by atoms with E-state index in [-0.39, 0.29) is 0 Å². The number of hydrogen-bond acceptors (Lipinski definition) is 1. The Morgan fingerprint density at radius 2 is 1.84 bits per heavy atom. The van der Waals surface area contributed by atoms with E-state index in [2.05, 4.69) is 40.3 Å². The van der Waals surface area contributed by atoms with Crippen molar-refractivity contribution in [3.8, 4) is 0 Å². The third kappa shape index (κ3) is 3.88. The van der Waals surface area contributed by atoms with Crippen LogP contribution < -0.4 is 5.32 Å². The van der Waals surface area contributed by atoms with E-state index in [0.29, 0.717) is 11.6 Å². The molecule has 0 saturated heterocycles. The number of nitrogens with one attached hydrogen (secondary N) is 1. The molecule has 0 aliphatic carbocycles. The number of anilines is 1. The van der Waals surface area contributed by atoms with Crippen LogP contribution in [-0.4, -0.2) is 0 Å². The minimum absolute atomic E-state index is 0.661. The van der Waals surface area contributed by atoms with Gasteiger partial charge >= 0.3 is 0 Å². The molecule has 0 aliphatic rings. The third-order valence-electron chi connectivity index (χ3n) is 2.93. The van der Waals surface area contributed by atoms with E-state index in [9.17, 15) is 0 Å². The Morgan fingerprint density at radius 1 is 1.05 bits per heavy atom. The van der Waals surface area contributed by atoms with E-state index < -0.39 is 0 Å². The summed E-state index contributed by atoms with van der Waals surface area (Å²) >= 11 is 15.6. The van der Waals surface area contributed by atoms with E-state index in [1.54, 1.807) is 6.07 Å². The van der Waals surface area contributed by atoms with Crippen LogP contribution in [0.2, 0.25) is 10.0 Å². The second-order valence-corrected chi connectivity index (χ2v) is 6.00. The second kappa shape index (κ2) is 6.65. The van der Waals surface area contributed by atoms with Crippen LogP contribution in [0.15, 0.2) is 40.9 Å². The topological polar surface area (TPSA) is 12.0 Å². The average Bonchev–Trinajstić information content (AvgIpc) is 2.40. The van der Waals surface area contributed by atoms with Gasteiger partial charge in [-0.3, -0.25) is 0 Å². The van der Waals surface area contributed by atoms with Gasteiger partial charge in [0.25, 0.3) is 0 Å². The van der Waals surface area contributed by atoms with Gasteiger partial charge in [-0.05, 0) is 53.9 Å². The predicted octanol–water partition coefficient (Wildman–Crippen LogP) is 5.93. The molecule has 0 radical (unpaired) electrons. The molecule has 2 aromatic carbocycles. The minimum atomic E-state index is 0.661. The van der Waals surface area contributed by atoms with Crippen LogP contribution in [0.25, 0.3) is 0 Å². The Kier molecular flexibility index (Phi) is 5.14. The Labute approximate surface area is 132 Å². The second-order valence-electron chi connectivity index (χ2n) is 4.24. The maximum atomic E-state index is 6.16. The van der Waals surface area contributed by atoms with Crippen molar-refractivity contribution in [2.24, 2.45) is 0 Å². The first-order chi connectivity index (χ1) is 9.10. The molecule has 0 aromatic heterocycles. The summed E-state index contributed by atoms with van der Waals surface area (Å²) in [4.78, 5) is 0. The van der Waals surface area contributed by atoms with Gasteiger partial charge < -0.3 is 5.32 Å². The van der Waals surface area contributed by atoms with Crippen LogP contribution in [0, 0.1) is 0 Å². The van der Waals surface area contributed by atoms with Gasteiger partial charge in [0.15, 0.2) is 0 Å². The Balaban J connectivity index is 2.16. The molecule has 0 unspecified atom stereocenters. The lowest BCUT2D eigenvalue weighted by molar-refractivity contribution is 1.09. The molecule has 0 aliphatic heterocycles. The zero-order chi connectivity index (χ0) is 13.8. The lowest BCUT2D eigenvalue weighted by atomic mass is 10.1. The van der Waals surface area contributed by atoms with Crippen LogP contribution in [-0.2, 0) is 13.0 Å². The van der Waals surface area contributed by atoms with Crippen molar-refractivity contribution >= 4 is 44.8 Å². The predicted molar refractivity (Wildman–Crippen MR) is 87.3 cm³/mol.